The highest BCUT2D eigenvalue weighted by Crippen LogP contribution is 2.28. The Morgan fingerprint density at radius 1 is 1.16 bits per heavy atom. The summed E-state index contributed by atoms with van der Waals surface area (Å²) in [6, 6.07) is 11.3. The van der Waals surface area contributed by atoms with Gasteiger partial charge in [0, 0.05) is 74.3 Å². The molecule has 2 amide bonds. The second-order valence-corrected chi connectivity index (χ2v) is 13.1. The summed E-state index contributed by atoms with van der Waals surface area (Å²) in [5, 5.41) is 8.89. The van der Waals surface area contributed by atoms with E-state index in [2.05, 4.69) is 25.9 Å². The Kier molecular flexibility index (Phi) is 12.0. The normalized spacial score (nSPS) is 20.1. The Bertz CT molecular complexity index is 1710. The summed E-state index contributed by atoms with van der Waals surface area (Å²) in [6.45, 7) is 9.13. The smallest absolute Gasteiger partial charge is 0.237 e. The Morgan fingerprint density at radius 2 is 1.92 bits per heavy atom. The van der Waals surface area contributed by atoms with Crippen molar-refractivity contribution in [2.75, 3.05) is 46.3 Å². The first-order valence-electron chi connectivity index (χ1n) is 17.3. The summed E-state index contributed by atoms with van der Waals surface area (Å²) >= 11 is 0. The lowest BCUT2D eigenvalue weighted by atomic mass is 9.90. The number of allylic oxidation sites excluding steroid dienone is 1. The van der Waals surface area contributed by atoms with E-state index in [9.17, 15) is 9.59 Å². The van der Waals surface area contributed by atoms with Crippen LogP contribution >= 0.6 is 0 Å². The molecule has 1 aromatic carbocycles. The van der Waals surface area contributed by atoms with E-state index in [0.29, 0.717) is 86.4 Å². The van der Waals surface area contributed by atoms with Gasteiger partial charge in [-0.1, -0.05) is 36.4 Å². The Morgan fingerprint density at radius 3 is 2.56 bits per heavy atom. The third kappa shape index (κ3) is 8.73. The SMILES string of the molecule is CCN(C(=O)[C@@H]1CCN(CC(=O)N2CC=C(c3ccc(C(N)=NC=NC)cc3)CC2)C1)C1C=CC(N)=C(C(=N)c2ccc(OC(C)C)nc2)C1. The molecular formula is C38H49N9O3. The first-order chi connectivity index (χ1) is 24.1. The molecule has 1 saturated heterocycles. The number of aromatic nitrogens is 1. The van der Waals surface area contributed by atoms with Gasteiger partial charge in [0.2, 0.25) is 17.7 Å². The highest BCUT2D eigenvalue weighted by atomic mass is 16.5. The largest absolute Gasteiger partial charge is 0.475 e. The van der Waals surface area contributed by atoms with E-state index in [1.807, 2.05) is 67.0 Å². The highest BCUT2D eigenvalue weighted by molar-refractivity contribution is 6.11. The van der Waals surface area contributed by atoms with Gasteiger partial charge in [-0.25, -0.2) is 9.98 Å². The number of benzene rings is 1. The van der Waals surface area contributed by atoms with Crippen LogP contribution in [0.25, 0.3) is 5.57 Å². The maximum atomic E-state index is 13.9. The zero-order valence-electron chi connectivity index (χ0n) is 29.5. The van der Waals surface area contributed by atoms with Gasteiger partial charge in [-0.15, -0.1) is 0 Å². The van der Waals surface area contributed by atoms with Gasteiger partial charge >= 0.3 is 0 Å². The van der Waals surface area contributed by atoms with Crippen LogP contribution < -0.4 is 16.2 Å². The summed E-state index contributed by atoms with van der Waals surface area (Å²) in [7, 11) is 1.65. The van der Waals surface area contributed by atoms with E-state index in [1.165, 1.54) is 11.9 Å². The molecule has 1 fully saturated rings. The number of likely N-dealkylation sites (N-methyl/N-ethyl adjacent to an activating group) is 1. The van der Waals surface area contributed by atoms with E-state index in [4.69, 9.17) is 21.6 Å². The van der Waals surface area contributed by atoms with Crippen LogP contribution in [-0.4, -0.2) is 108 Å². The summed E-state index contributed by atoms with van der Waals surface area (Å²) in [4.78, 5) is 45.3. The molecule has 5 rings (SSSR count). The highest BCUT2D eigenvalue weighted by Gasteiger charge is 2.35. The van der Waals surface area contributed by atoms with E-state index in [-0.39, 0.29) is 29.9 Å². The van der Waals surface area contributed by atoms with Gasteiger partial charge in [0.25, 0.3) is 0 Å². The zero-order valence-corrected chi connectivity index (χ0v) is 29.5. The fraction of sp³-hybridized carbons (Fsp3) is 0.421. The van der Waals surface area contributed by atoms with Gasteiger partial charge in [0.1, 0.15) is 12.2 Å². The molecule has 0 spiro atoms. The van der Waals surface area contributed by atoms with Crippen molar-refractivity contribution in [2.24, 2.45) is 27.4 Å². The first kappa shape index (κ1) is 36.2. The number of nitrogens with two attached hydrogens (primary N) is 2. The molecule has 1 aliphatic carbocycles. The molecule has 0 saturated carbocycles. The van der Waals surface area contributed by atoms with Crippen LogP contribution in [0.2, 0.25) is 0 Å². The Labute approximate surface area is 294 Å². The second-order valence-electron chi connectivity index (χ2n) is 13.1. The molecule has 5 N–H and O–H groups in total. The Hall–Kier alpha value is -5.10. The number of likely N-dealkylation sites (tertiary alicyclic amines) is 1. The molecule has 264 valence electrons. The summed E-state index contributed by atoms with van der Waals surface area (Å²) < 4.78 is 5.64. The van der Waals surface area contributed by atoms with Crippen LogP contribution in [0.5, 0.6) is 5.88 Å². The molecule has 1 unspecified atom stereocenters. The van der Waals surface area contributed by atoms with Crippen molar-refractivity contribution in [3.05, 3.63) is 88.8 Å². The van der Waals surface area contributed by atoms with Crippen molar-refractivity contribution in [1.29, 1.82) is 5.41 Å². The molecule has 2 aliphatic heterocycles. The van der Waals surface area contributed by atoms with Gasteiger partial charge in [-0.3, -0.25) is 24.9 Å². The average molecular weight is 680 g/mol. The van der Waals surface area contributed by atoms with Crippen LogP contribution in [0, 0.1) is 11.3 Å². The third-order valence-electron chi connectivity index (χ3n) is 9.37. The van der Waals surface area contributed by atoms with E-state index in [0.717, 1.165) is 17.5 Å². The standard InChI is InChI=1S/C38H49N9O3/c1-5-47(31-11-12-33(39)32(20-31)36(40)29-10-13-34(43-21-29)50-25(2)3)38(49)30-14-17-45(22-30)23-35(48)46-18-15-27(16-19-46)26-6-8-28(9-7-26)37(41)44-24-42-4/h6-13,15,21,24-25,30-31,40H,5,14,16-20,22-23,39H2,1-4H3,(H2,41,42,44)/t30-,31?/m1/s1. The number of nitrogens with one attached hydrogen (secondary N) is 1. The van der Waals surface area contributed by atoms with Crippen LogP contribution in [0.15, 0.2) is 82.1 Å². The lowest BCUT2D eigenvalue weighted by molar-refractivity contribution is -0.137. The van der Waals surface area contributed by atoms with Crippen molar-refractivity contribution >= 4 is 35.3 Å². The van der Waals surface area contributed by atoms with Crippen LogP contribution in [0.3, 0.4) is 0 Å². The predicted octanol–water partition coefficient (Wildman–Crippen LogP) is 3.63. The number of amidine groups is 1. The number of hydrogen-bond donors (Lipinski definition) is 3. The number of nitrogens with zero attached hydrogens (tertiary/aromatic N) is 6. The first-order valence-corrected chi connectivity index (χ1v) is 17.3. The zero-order chi connectivity index (χ0) is 35.8. The van der Waals surface area contributed by atoms with E-state index < -0.39 is 0 Å². The fourth-order valence-electron chi connectivity index (χ4n) is 6.65. The number of ether oxygens (including phenoxy) is 1. The van der Waals surface area contributed by atoms with Crippen LogP contribution in [-0.2, 0) is 9.59 Å². The van der Waals surface area contributed by atoms with Crippen LogP contribution in [0.4, 0.5) is 0 Å². The predicted molar refractivity (Wildman–Crippen MR) is 198 cm³/mol. The van der Waals surface area contributed by atoms with E-state index >= 15 is 0 Å². The number of carbonyl (C=O) groups is 2. The topological polar surface area (TPSA) is 167 Å². The summed E-state index contributed by atoms with van der Waals surface area (Å²) in [6.07, 6.45) is 10.9. The van der Waals surface area contributed by atoms with Crippen molar-refractivity contribution in [2.45, 2.75) is 52.2 Å². The quantitative estimate of drug-likeness (QED) is 0.228. The fourth-order valence-corrected chi connectivity index (χ4v) is 6.65. The number of aliphatic imine (C=N–C) groups is 2. The number of amides is 2. The third-order valence-corrected chi connectivity index (χ3v) is 9.37. The van der Waals surface area contributed by atoms with Gasteiger partial charge in [0.15, 0.2) is 0 Å². The van der Waals surface area contributed by atoms with Crippen molar-refractivity contribution < 1.29 is 14.3 Å². The molecule has 0 radical (unpaired) electrons. The summed E-state index contributed by atoms with van der Waals surface area (Å²) in [5.41, 5.74) is 17.7. The molecule has 3 heterocycles. The molecule has 2 atom stereocenters. The monoisotopic (exact) mass is 679 g/mol. The second kappa shape index (κ2) is 16.5. The van der Waals surface area contributed by atoms with Crippen molar-refractivity contribution in [1.82, 2.24) is 19.7 Å². The van der Waals surface area contributed by atoms with Crippen molar-refractivity contribution in [3.63, 3.8) is 0 Å². The number of pyridine rings is 1. The minimum Gasteiger partial charge on any atom is -0.475 e. The van der Waals surface area contributed by atoms with E-state index in [1.54, 1.807) is 25.4 Å². The average Bonchev–Trinajstić information content (AvgIpc) is 3.60. The maximum Gasteiger partial charge on any atom is 0.237 e. The molecule has 12 nitrogen and oxygen atoms in total. The summed E-state index contributed by atoms with van der Waals surface area (Å²) in [5.74, 6) is 0.881. The van der Waals surface area contributed by atoms with Gasteiger partial charge in [-0.05, 0) is 63.4 Å². The lowest BCUT2D eigenvalue weighted by Gasteiger charge is -2.34. The molecule has 0 bridgehead atoms. The van der Waals surface area contributed by atoms with Gasteiger partial charge < -0.3 is 26.0 Å². The van der Waals surface area contributed by atoms with Gasteiger partial charge in [-0.2, -0.15) is 0 Å². The molecule has 3 aliphatic rings. The molecule has 2 aromatic rings. The number of carbonyl (C=O) groups excluding carboxylic acids is 2. The molecule has 1 aromatic heterocycles. The minimum absolute atomic E-state index is 0.00551. The van der Waals surface area contributed by atoms with Gasteiger partial charge in [0.05, 0.1) is 30.3 Å². The van der Waals surface area contributed by atoms with Crippen LogP contribution in [0.1, 0.15) is 56.7 Å². The van der Waals surface area contributed by atoms with Crippen molar-refractivity contribution in [3.8, 4) is 5.88 Å². The number of rotatable bonds is 12. The maximum absolute atomic E-state index is 13.9. The minimum atomic E-state index is -0.214. The molecular weight excluding hydrogens is 630 g/mol. The molecule has 12 heteroatoms. The Balaban J connectivity index is 1.13. The number of hydrogen-bond acceptors (Lipinski definition) is 8. The lowest BCUT2D eigenvalue weighted by Crippen LogP contribution is -2.45. The molecule has 50 heavy (non-hydrogen) atoms.